The van der Waals surface area contributed by atoms with Gasteiger partial charge in [0.05, 0.1) is 0 Å². The Morgan fingerprint density at radius 3 is 2.30 bits per heavy atom. The molecule has 2 aliphatic heterocycles. The van der Waals surface area contributed by atoms with Crippen molar-refractivity contribution in [2.45, 2.75) is 59.8 Å². The second-order valence-electron chi connectivity index (χ2n) is 8.29. The zero-order valence-corrected chi connectivity index (χ0v) is 18.6. The Balaban J connectivity index is 1.69. The van der Waals surface area contributed by atoms with E-state index in [2.05, 4.69) is 47.7 Å². The van der Waals surface area contributed by atoms with Crippen molar-refractivity contribution in [2.75, 3.05) is 65.4 Å². The summed E-state index contributed by atoms with van der Waals surface area (Å²) in [5.74, 6) is 2.89. The minimum absolute atomic E-state index is 0.852. The van der Waals surface area contributed by atoms with E-state index in [1.54, 1.807) is 0 Å². The minimum Gasteiger partial charge on any atom is -0.357 e. The molecule has 1 atom stereocenters. The number of hydrogen-bond acceptors (Lipinski definition) is 3. The second-order valence-corrected chi connectivity index (χ2v) is 8.29. The predicted octanol–water partition coefficient (Wildman–Crippen LogP) is 3.13. The van der Waals surface area contributed by atoms with Gasteiger partial charge in [-0.25, -0.2) is 0 Å². The standard InChI is InChI=1S/C22H45N5/c1-5-20(6-2)21-11-14-27(19-21)22(23-7-3)24-12-9-10-13-26-17-15-25(8-4)16-18-26/h20-21H,5-19H2,1-4H3,(H,23,24). The Hall–Kier alpha value is -0.810. The van der Waals surface area contributed by atoms with Gasteiger partial charge in [0.25, 0.3) is 0 Å². The molecule has 2 saturated heterocycles. The minimum atomic E-state index is 0.852. The van der Waals surface area contributed by atoms with Gasteiger partial charge < -0.3 is 20.0 Å². The number of guanidine groups is 1. The third kappa shape index (κ3) is 7.26. The number of nitrogens with one attached hydrogen (secondary N) is 1. The zero-order valence-electron chi connectivity index (χ0n) is 18.6. The van der Waals surface area contributed by atoms with Crippen LogP contribution < -0.4 is 5.32 Å². The van der Waals surface area contributed by atoms with Crippen LogP contribution in [0.15, 0.2) is 4.99 Å². The van der Waals surface area contributed by atoms with Crippen LogP contribution in [-0.4, -0.2) is 86.1 Å². The first kappa shape index (κ1) is 22.5. The Labute approximate surface area is 168 Å². The molecule has 2 aliphatic rings. The molecular formula is C22H45N5. The molecule has 27 heavy (non-hydrogen) atoms. The lowest BCUT2D eigenvalue weighted by Gasteiger charge is -2.33. The molecule has 0 aromatic rings. The smallest absolute Gasteiger partial charge is 0.193 e. The van der Waals surface area contributed by atoms with Crippen molar-refractivity contribution in [3.05, 3.63) is 0 Å². The number of nitrogens with zero attached hydrogens (tertiary/aromatic N) is 4. The molecule has 5 heteroatoms. The molecule has 1 unspecified atom stereocenters. The summed E-state index contributed by atoms with van der Waals surface area (Å²) in [6.07, 6.45) is 6.43. The number of likely N-dealkylation sites (tertiary alicyclic amines) is 1. The molecule has 2 heterocycles. The maximum Gasteiger partial charge on any atom is 0.193 e. The number of likely N-dealkylation sites (N-methyl/N-ethyl adjacent to an activating group) is 1. The fourth-order valence-electron chi connectivity index (χ4n) is 4.71. The highest BCUT2D eigenvalue weighted by atomic mass is 15.3. The molecule has 0 amide bonds. The molecule has 0 spiro atoms. The van der Waals surface area contributed by atoms with Crippen LogP contribution in [0.4, 0.5) is 0 Å². The number of unbranched alkanes of at least 4 members (excludes halogenated alkanes) is 1. The van der Waals surface area contributed by atoms with Crippen LogP contribution in [0, 0.1) is 11.8 Å². The van der Waals surface area contributed by atoms with Crippen LogP contribution >= 0.6 is 0 Å². The van der Waals surface area contributed by atoms with E-state index >= 15 is 0 Å². The summed E-state index contributed by atoms with van der Waals surface area (Å²) in [7, 11) is 0. The maximum atomic E-state index is 4.95. The number of hydrogen-bond donors (Lipinski definition) is 1. The number of rotatable bonds is 10. The van der Waals surface area contributed by atoms with Gasteiger partial charge in [0.1, 0.15) is 0 Å². The fraction of sp³-hybridized carbons (Fsp3) is 0.955. The van der Waals surface area contributed by atoms with Crippen molar-refractivity contribution >= 4 is 5.96 Å². The molecule has 0 aromatic heterocycles. The van der Waals surface area contributed by atoms with E-state index < -0.39 is 0 Å². The summed E-state index contributed by atoms with van der Waals surface area (Å²) in [5.41, 5.74) is 0. The normalized spacial score (nSPS) is 22.8. The van der Waals surface area contributed by atoms with E-state index in [1.165, 1.54) is 84.5 Å². The summed E-state index contributed by atoms with van der Waals surface area (Å²) < 4.78 is 0. The van der Waals surface area contributed by atoms with Gasteiger partial charge in [-0.3, -0.25) is 4.99 Å². The van der Waals surface area contributed by atoms with E-state index in [-0.39, 0.29) is 0 Å². The van der Waals surface area contributed by atoms with Crippen LogP contribution in [-0.2, 0) is 0 Å². The summed E-state index contributed by atoms with van der Waals surface area (Å²) in [6, 6.07) is 0. The average Bonchev–Trinajstić information content (AvgIpc) is 3.18. The molecule has 2 fully saturated rings. The van der Waals surface area contributed by atoms with Crippen molar-refractivity contribution in [3.8, 4) is 0 Å². The predicted molar refractivity (Wildman–Crippen MR) is 118 cm³/mol. The van der Waals surface area contributed by atoms with Crippen LogP contribution in [0.25, 0.3) is 0 Å². The van der Waals surface area contributed by atoms with E-state index in [0.29, 0.717) is 0 Å². The molecule has 2 rings (SSSR count). The molecular weight excluding hydrogens is 334 g/mol. The van der Waals surface area contributed by atoms with Gasteiger partial charge in [-0.1, -0.05) is 33.6 Å². The Morgan fingerprint density at radius 1 is 0.963 bits per heavy atom. The van der Waals surface area contributed by atoms with Gasteiger partial charge in [-0.2, -0.15) is 0 Å². The van der Waals surface area contributed by atoms with Crippen molar-refractivity contribution in [3.63, 3.8) is 0 Å². The molecule has 158 valence electrons. The lowest BCUT2D eigenvalue weighted by Crippen LogP contribution is -2.46. The average molecular weight is 380 g/mol. The Bertz CT molecular complexity index is 413. The number of aliphatic imine (C=N–C) groups is 1. The molecule has 5 nitrogen and oxygen atoms in total. The molecule has 0 aromatic carbocycles. The first-order valence-electron chi connectivity index (χ1n) is 11.7. The van der Waals surface area contributed by atoms with Crippen LogP contribution in [0.5, 0.6) is 0 Å². The third-order valence-corrected chi connectivity index (χ3v) is 6.63. The zero-order chi connectivity index (χ0) is 19.5. The largest absolute Gasteiger partial charge is 0.357 e. The topological polar surface area (TPSA) is 34.1 Å². The molecule has 1 N–H and O–H groups in total. The fourth-order valence-corrected chi connectivity index (χ4v) is 4.71. The van der Waals surface area contributed by atoms with Gasteiger partial charge in [-0.15, -0.1) is 0 Å². The Kier molecular flexibility index (Phi) is 10.5. The summed E-state index contributed by atoms with van der Waals surface area (Å²) in [5, 5.41) is 3.53. The maximum absolute atomic E-state index is 4.95. The lowest BCUT2D eigenvalue weighted by atomic mass is 9.87. The van der Waals surface area contributed by atoms with Gasteiger partial charge in [-0.05, 0) is 51.1 Å². The highest BCUT2D eigenvalue weighted by Gasteiger charge is 2.29. The van der Waals surface area contributed by atoms with Crippen molar-refractivity contribution in [1.82, 2.24) is 20.0 Å². The van der Waals surface area contributed by atoms with E-state index in [9.17, 15) is 0 Å². The van der Waals surface area contributed by atoms with Crippen LogP contribution in [0.2, 0.25) is 0 Å². The van der Waals surface area contributed by atoms with Crippen LogP contribution in [0.3, 0.4) is 0 Å². The van der Waals surface area contributed by atoms with Crippen molar-refractivity contribution in [2.24, 2.45) is 16.8 Å². The van der Waals surface area contributed by atoms with Gasteiger partial charge in [0.15, 0.2) is 5.96 Å². The summed E-state index contributed by atoms with van der Waals surface area (Å²) in [6.45, 7) is 20.8. The third-order valence-electron chi connectivity index (χ3n) is 6.63. The van der Waals surface area contributed by atoms with E-state index in [4.69, 9.17) is 4.99 Å². The molecule has 0 bridgehead atoms. The monoisotopic (exact) mass is 379 g/mol. The number of piperazine rings is 1. The first-order valence-corrected chi connectivity index (χ1v) is 11.7. The highest BCUT2D eigenvalue weighted by Crippen LogP contribution is 2.28. The lowest BCUT2D eigenvalue weighted by molar-refractivity contribution is 0.136. The van der Waals surface area contributed by atoms with E-state index in [0.717, 1.165) is 30.9 Å². The van der Waals surface area contributed by atoms with Crippen molar-refractivity contribution < 1.29 is 0 Å². The van der Waals surface area contributed by atoms with Gasteiger partial charge in [0.2, 0.25) is 0 Å². The van der Waals surface area contributed by atoms with Gasteiger partial charge in [0, 0.05) is 52.4 Å². The van der Waals surface area contributed by atoms with Crippen molar-refractivity contribution in [1.29, 1.82) is 0 Å². The molecule has 0 saturated carbocycles. The SMILES string of the molecule is CCNC(=NCCCCN1CCN(CC)CC1)N1CCC(C(CC)CC)C1. The van der Waals surface area contributed by atoms with Crippen LogP contribution in [0.1, 0.15) is 59.8 Å². The van der Waals surface area contributed by atoms with Gasteiger partial charge >= 0.3 is 0 Å². The summed E-state index contributed by atoms with van der Waals surface area (Å²) >= 11 is 0. The second kappa shape index (κ2) is 12.6. The first-order chi connectivity index (χ1) is 13.2. The highest BCUT2D eigenvalue weighted by molar-refractivity contribution is 5.80. The summed E-state index contributed by atoms with van der Waals surface area (Å²) in [4.78, 5) is 12.6. The molecule has 0 radical (unpaired) electrons. The molecule has 0 aliphatic carbocycles. The van der Waals surface area contributed by atoms with E-state index in [1.807, 2.05) is 0 Å². The quantitative estimate of drug-likeness (QED) is 0.359. The Morgan fingerprint density at radius 2 is 1.67 bits per heavy atom.